The number of sulfone groups is 1. The van der Waals surface area contributed by atoms with Gasteiger partial charge in [0.2, 0.25) is 0 Å². The molecule has 0 aliphatic rings. The van der Waals surface area contributed by atoms with E-state index in [9.17, 15) is 31.3 Å². The number of nitrogens with two attached hydrogens (primary N) is 2. The lowest BCUT2D eigenvalue weighted by atomic mass is 10.2. The van der Waals surface area contributed by atoms with Crippen LogP contribution in [-0.2, 0) is 24.7 Å². The summed E-state index contributed by atoms with van der Waals surface area (Å²) in [6, 6.07) is 10.0. The Kier molecular flexibility index (Phi) is 7.56. The van der Waals surface area contributed by atoms with Crippen LogP contribution in [0.15, 0.2) is 78.8 Å². The van der Waals surface area contributed by atoms with Gasteiger partial charge in [-0.15, -0.1) is 20.5 Å². The van der Waals surface area contributed by atoms with Gasteiger partial charge in [-0.1, -0.05) is 12.1 Å². The fourth-order valence-electron chi connectivity index (χ4n) is 2.94. The van der Waals surface area contributed by atoms with Gasteiger partial charge in [-0.25, -0.2) is 13.2 Å². The number of carbonyl (C=O) groups is 1. The van der Waals surface area contributed by atoms with Gasteiger partial charge in [0.1, 0.15) is 33.4 Å². The minimum Gasteiger partial charge on any atom is -0.506 e. The van der Waals surface area contributed by atoms with Gasteiger partial charge in [-0.2, -0.15) is 8.42 Å². The number of carbonyl (C=O) groups excluding carboxylic acids is 1. The summed E-state index contributed by atoms with van der Waals surface area (Å²) in [5.41, 5.74) is 10.1. The Bertz CT molecular complexity index is 1670. The van der Waals surface area contributed by atoms with Crippen LogP contribution in [0.1, 0.15) is 10.4 Å². The van der Waals surface area contributed by atoms with E-state index in [1.807, 2.05) is 0 Å². The molecular weight excluding hydrogens is 528 g/mol. The summed E-state index contributed by atoms with van der Waals surface area (Å²) in [4.78, 5) is 11.0. The highest BCUT2D eigenvalue weighted by molar-refractivity contribution is 7.90. The largest absolute Gasteiger partial charge is 0.506 e. The number of aromatic hydroxyl groups is 1. The average molecular weight is 549 g/mol. The zero-order chi connectivity index (χ0) is 27.5. The molecule has 16 heteroatoms. The SMILES string of the molecule is COC(=O)c1ccccc1N=Nc1c(N)c(N=Nc2cc(S(C)(=O)=O)ccc2O)cc(S(=O)(=O)O)c1N. The van der Waals surface area contributed by atoms with Crippen LogP contribution < -0.4 is 11.5 Å². The molecule has 0 heterocycles. The first kappa shape index (κ1) is 27.2. The highest BCUT2D eigenvalue weighted by Crippen LogP contribution is 2.43. The molecular formula is C21H20N6O8S2. The van der Waals surface area contributed by atoms with Crippen molar-refractivity contribution in [2.24, 2.45) is 20.5 Å². The number of esters is 1. The molecule has 0 spiro atoms. The maximum absolute atomic E-state index is 12.0. The van der Waals surface area contributed by atoms with Gasteiger partial charge in [0.25, 0.3) is 10.1 Å². The Labute approximate surface area is 211 Å². The molecule has 6 N–H and O–H groups in total. The molecule has 0 unspecified atom stereocenters. The molecule has 0 fully saturated rings. The smallest absolute Gasteiger partial charge is 0.340 e. The predicted octanol–water partition coefficient (Wildman–Crippen LogP) is 3.82. The van der Waals surface area contributed by atoms with Crippen molar-refractivity contribution in [3.8, 4) is 5.75 Å². The van der Waals surface area contributed by atoms with E-state index in [0.717, 1.165) is 30.5 Å². The monoisotopic (exact) mass is 548 g/mol. The van der Waals surface area contributed by atoms with Crippen molar-refractivity contribution in [3.63, 3.8) is 0 Å². The Balaban J connectivity index is 2.18. The normalized spacial score (nSPS) is 12.3. The second kappa shape index (κ2) is 10.3. The summed E-state index contributed by atoms with van der Waals surface area (Å²) in [6.07, 6.45) is 0.951. The van der Waals surface area contributed by atoms with Crippen molar-refractivity contribution < 1.29 is 36.0 Å². The van der Waals surface area contributed by atoms with Gasteiger partial charge < -0.3 is 21.3 Å². The highest BCUT2D eigenvalue weighted by atomic mass is 32.2. The van der Waals surface area contributed by atoms with Crippen LogP contribution in [-0.4, -0.2) is 45.8 Å². The molecule has 0 aromatic heterocycles. The number of hydrogen-bond donors (Lipinski definition) is 4. The summed E-state index contributed by atoms with van der Waals surface area (Å²) < 4.78 is 61.8. The number of nitrogen functional groups attached to an aromatic ring is 2. The van der Waals surface area contributed by atoms with Crippen molar-refractivity contribution in [2.75, 3.05) is 24.8 Å². The minimum absolute atomic E-state index is 0.0381. The van der Waals surface area contributed by atoms with Crippen LogP contribution in [0.25, 0.3) is 0 Å². The van der Waals surface area contributed by atoms with E-state index in [0.29, 0.717) is 0 Å². The number of rotatable bonds is 7. The summed E-state index contributed by atoms with van der Waals surface area (Å²) in [7, 11) is -7.38. The van der Waals surface area contributed by atoms with Crippen LogP contribution in [0.3, 0.4) is 0 Å². The molecule has 3 aromatic rings. The van der Waals surface area contributed by atoms with Gasteiger partial charge in [0, 0.05) is 6.26 Å². The average Bonchev–Trinajstić information content (AvgIpc) is 2.82. The number of methoxy groups -OCH3 is 1. The molecule has 3 rings (SSSR count). The molecule has 0 aliphatic heterocycles. The number of phenols is 1. The topological polar surface area (TPSA) is 237 Å². The molecule has 3 aromatic carbocycles. The molecule has 0 bridgehead atoms. The summed E-state index contributed by atoms with van der Waals surface area (Å²) in [5.74, 6) is -1.15. The third-order valence-electron chi connectivity index (χ3n) is 4.80. The second-order valence-electron chi connectivity index (χ2n) is 7.38. The van der Waals surface area contributed by atoms with Crippen molar-refractivity contribution in [1.29, 1.82) is 0 Å². The lowest BCUT2D eigenvalue weighted by Crippen LogP contribution is -2.05. The van der Waals surface area contributed by atoms with E-state index < -0.39 is 47.9 Å². The van der Waals surface area contributed by atoms with Crippen molar-refractivity contribution in [1.82, 2.24) is 0 Å². The molecule has 0 atom stereocenters. The van der Waals surface area contributed by atoms with Crippen molar-refractivity contribution in [2.45, 2.75) is 9.79 Å². The minimum atomic E-state index is -4.91. The third kappa shape index (κ3) is 6.05. The zero-order valence-corrected chi connectivity index (χ0v) is 20.9. The summed E-state index contributed by atoms with van der Waals surface area (Å²) in [6.45, 7) is 0. The number of phenolic OH excluding ortho intramolecular Hbond substituents is 1. The van der Waals surface area contributed by atoms with E-state index in [1.54, 1.807) is 12.1 Å². The molecule has 0 saturated carbocycles. The Morgan fingerprint density at radius 3 is 2.11 bits per heavy atom. The van der Waals surface area contributed by atoms with E-state index >= 15 is 0 Å². The van der Waals surface area contributed by atoms with Crippen LogP contribution in [0, 0.1) is 0 Å². The van der Waals surface area contributed by atoms with Crippen LogP contribution >= 0.6 is 0 Å². The van der Waals surface area contributed by atoms with Crippen LogP contribution in [0.4, 0.5) is 34.1 Å². The second-order valence-corrected chi connectivity index (χ2v) is 10.8. The van der Waals surface area contributed by atoms with Gasteiger partial charge in [0.15, 0.2) is 9.84 Å². The standard InChI is InChI=1S/C21H20N6O8S2/c1-35-21(29)12-5-3-4-6-13(12)24-27-20-18(22)15(10-17(19(20)23)37(32,33)34)26-25-14-9-11(36(2,30)31)7-8-16(14)28/h3-10,28H,22-23H2,1-2H3,(H,32,33,34). The Morgan fingerprint density at radius 1 is 0.865 bits per heavy atom. The van der Waals surface area contributed by atoms with E-state index in [1.165, 1.54) is 19.2 Å². The van der Waals surface area contributed by atoms with Gasteiger partial charge >= 0.3 is 5.97 Å². The number of hydrogen-bond acceptors (Lipinski definition) is 13. The van der Waals surface area contributed by atoms with Crippen LogP contribution in [0.5, 0.6) is 5.75 Å². The predicted molar refractivity (Wildman–Crippen MR) is 132 cm³/mol. The van der Waals surface area contributed by atoms with Gasteiger partial charge in [0.05, 0.1) is 28.9 Å². The molecule has 0 saturated heterocycles. The fourth-order valence-corrected chi connectivity index (χ4v) is 4.21. The van der Waals surface area contributed by atoms with E-state index in [-0.39, 0.29) is 33.2 Å². The zero-order valence-electron chi connectivity index (χ0n) is 19.2. The summed E-state index contributed by atoms with van der Waals surface area (Å²) >= 11 is 0. The summed E-state index contributed by atoms with van der Waals surface area (Å²) in [5, 5.41) is 25.3. The number of benzene rings is 3. The van der Waals surface area contributed by atoms with Gasteiger partial charge in [-0.3, -0.25) is 4.55 Å². The third-order valence-corrected chi connectivity index (χ3v) is 6.81. The Morgan fingerprint density at radius 2 is 1.49 bits per heavy atom. The molecule has 37 heavy (non-hydrogen) atoms. The maximum Gasteiger partial charge on any atom is 0.340 e. The lowest BCUT2D eigenvalue weighted by Gasteiger charge is -2.11. The number of nitrogens with zero attached hydrogens (tertiary/aromatic N) is 4. The van der Waals surface area contributed by atoms with E-state index in [2.05, 4.69) is 25.2 Å². The first-order valence-corrected chi connectivity index (χ1v) is 13.3. The number of anilines is 2. The lowest BCUT2D eigenvalue weighted by molar-refractivity contribution is 0.0601. The quantitative estimate of drug-likeness (QED) is 0.144. The van der Waals surface area contributed by atoms with Gasteiger partial charge in [-0.05, 0) is 36.4 Å². The van der Waals surface area contributed by atoms with Crippen molar-refractivity contribution >= 4 is 60.0 Å². The first-order valence-electron chi connectivity index (χ1n) is 9.97. The number of azo groups is 2. The Hall–Kier alpha value is -4.41. The molecule has 194 valence electrons. The maximum atomic E-state index is 12.0. The van der Waals surface area contributed by atoms with E-state index in [4.69, 9.17) is 11.5 Å². The van der Waals surface area contributed by atoms with Crippen LogP contribution in [0.2, 0.25) is 0 Å². The fraction of sp³-hybridized carbons (Fsp3) is 0.0952. The van der Waals surface area contributed by atoms with Crippen molar-refractivity contribution in [3.05, 3.63) is 54.1 Å². The first-order chi connectivity index (χ1) is 17.2. The number of ether oxygens (including phenoxy) is 1. The molecule has 0 aliphatic carbocycles. The molecule has 0 radical (unpaired) electrons. The molecule has 14 nitrogen and oxygen atoms in total. The molecule has 0 amide bonds. The highest BCUT2D eigenvalue weighted by Gasteiger charge is 2.23.